The van der Waals surface area contributed by atoms with E-state index < -0.39 is 0 Å². The second-order valence-corrected chi connectivity index (χ2v) is 4.63. The van der Waals surface area contributed by atoms with E-state index in [2.05, 4.69) is 10.1 Å². The lowest BCUT2D eigenvalue weighted by Gasteiger charge is -2.35. The van der Waals surface area contributed by atoms with Crippen molar-refractivity contribution in [2.75, 3.05) is 32.8 Å². The molecule has 2 unspecified atom stereocenters. The Morgan fingerprint density at radius 3 is 2.94 bits per heavy atom. The quantitative estimate of drug-likeness (QED) is 0.316. The van der Waals surface area contributed by atoms with Crippen LogP contribution in [0.1, 0.15) is 19.3 Å². The normalized spacial score (nSPS) is 32.6. The topological polar surface area (TPSA) is 80.3 Å². The maximum atomic E-state index is 8.63. The molecule has 0 amide bonds. The summed E-state index contributed by atoms with van der Waals surface area (Å²) >= 11 is 0. The van der Waals surface area contributed by atoms with Gasteiger partial charge in [-0.15, -0.1) is 0 Å². The summed E-state index contributed by atoms with van der Waals surface area (Å²) in [5, 5.41) is 11.6. The predicted octanol–water partition coefficient (Wildman–Crippen LogP) is 0.00270. The summed E-state index contributed by atoms with van der Waals surface area (Å²) in [6, 6.07) is 0. The second-order valence-electron chi connectivity index (χ2n) is 4.63. The van der Waals surface area contributed by atoms with Crippen molar-refractivity contribution in [2.24, 2.45) is 10.9 Å². The fourth-order valence-electron chi connectivity index (χ4n) is 2.35. The van der Waals surface area contributed by atoms with Gasteiger partial charge in [-0.25, -0.2) is 0 Å². The average Bonchev–Trinajstić information content (AvgIpc) is 2.39. The van der Waals surface area contributed by atoms with Gasteiger partial charge >= 0.3 is 0 Å². The van der Waals surface area contributed by atoms with E-state index in [4.69, 9.17) is 20.4 Å². The highest BCUT2D eigenvalue weighted by Gasteiger charge is 2.26. The molecule has 0 bridgehead atoms. The number of ether oxygens (including phenoxy) is 2. The molecule has 0 radical (unpaired) electrons. The van der Waals surface area contributed by atoms with Crippen LogP contribution >= 0.6 is 0 Å². The molecule has 0 aromatic rings. The largest absolute Gasteiger partial charge is 0.409 e. The molecule has 0 aromatic carbocycles. The first-order chi connectivity index (χ1) is 8.29. The van der Waals surface area contributed by atoms with Crippen molar-refractivity contribution in [2.45, 2.75) is 31.5 Å². The van der Waals surface area contributed by atoms with Gasteiger partial charge in [0.05, 0.1) is 12.7 Å². The lowest BCUT2D eigenvalue weighted by atomic mass is 10.1. The van der Waals surface area contributed by atoms with Crippen molar-refractivity contribution in [1.82, 2.24) is 4.90 Å². The van der Waals surface area contributed by atoms with E-state index >= 15 is 0 Å². The van der Waals surface area contributed by atoms with E-state index in [1.807, 2.05) is 0 Å². The molecule has 0 aliphatic carbocycles. The third-order valence-electron chi connectivity index (χ3n) is 3.33. The van der Waals surface area contributed by atoms with Gasteiger partial charge in [0, 0.05) is 26.2 Å². The standard InChI is InChI=1S/C11H21N3O3/c12-11(13-15)10-8-14(4-6-17-10)7-9-3-1-2-5-16-9/h9-10,15H,1-8H2,(H2,12,13). The number of morpholine rings is 1. The van der Waals surface area contributed by atoms with Gasteiger partial charge in [0.1, 0.15) is 6.10 Å². The molecule has 2 aliphatic heterocycles. The maximum absolute atomic E-state index is 8.63. The molecule has 0 spiro atoms. The monoisotopic (exact) mass is 243 g/mol. The van der Waals surface area contributed by atoms with Gasteiger partial charge in [-0.2, -0.15) is 0 Å². The van der Waals surface area contributed by atoms with Gasteiger partial charge < -0.3 is 20.4 Å². The van der Waals surface area contributed by atoms with Crippen molar-refractivity contribution in [3.05, 3.63) is 0 Å². The van der Waals surface area contributed by atoms with Gasteiger partial charge in [0.25, 0.3) is 0 Å². The zero-order chi connectivity index (χ0) is 12.1. The van der Waals surface area contributed by atoms with Crippen LogP contribution in [0.3, 0.4) is 0 Å². The summed E-state index contributed by atoms with van der Waals surface area (Å²) in [5.74, 6) is 0.152. The molecule has 6 heteroatoms. The van der Waals surface area contributed by atoms with E-state index in [0.29, 0.717) is 19.3 Å². The Morgan fingerprint density at radius 1 is 1.35 bits per heavy atom. The first-order valence-corrected chi connectivity index (χ1v) is 6.22. The number of hydrogen-bond donors (Lipinski definition) is 2. The number of oxime groups is 1. The first kappa shape index (κ1) is 12.6. The maximum Gasteiger partial charge on any atom is 0.169 e. The van der Waals surface area contributed by atoms with E-state index in [1.54, 1.807) is 0 Å². The number of nitrogens with two attached hydrogens (primary N) is 1. The molecule has 0 saturated carbocycles. The Labute approximate surface area is 101 Å². The van der Waals surface area contributed by atoms with E-state index in [0.717, 1.165) is 26.1 Å². The molecule has 2 atom stereocenters. The highest BCUT2D eigenvalue weighted by Crippen LogP contribution is 2.15. The third kappa shape index (κ3) is 3.55. The van der Waals surface area contributed by atoms with Crippen LogP contribution in [0.25, 0.3) is 0 Å². The van der Waals surface area contributed by atoms with Crippen molar-refractivity contribution in [3.63, 3.8) is 0 Å². The summed E-state index contributed by atoms with van der Waals surface area (Å²) in [6.07, 6.45) is 3.59. The molecule has 2 fully saturated rings. The first-order valence-electron chi connectivity index (χ1n) is 6.22. The molecule has 0 aromatic heterocycles. The van der Waals surface area contributed by atoms with Crippen LogP contribution in [0.4, 0.5) is 0 Å². The molecule has 2 heterocycles. The van der Waals surface area contributed by atoms with Gasteiger partial charge in [-0.1, -0.05) is 5.16 Å². The number of hydrogen-bond acceptors (Lipinski definition) is 5. The second kappa shape index (κ2) is 6.18. The minimum Gasteiger partial charge on any atom is -0.409 e. The van der Waals surface area contributed by atoms with Crippen LogP contribution in [-0.2, 0) is 9.47 Å². The minimum atomic E-state index is -0.294. The summed E-state index contributed by atoms with van der Waals surface area (Å²) in [7, 11) is 0. The Balaban J connectivity index is 1.80. The summed E-state index contributed by atoms with van der Waals surface area (Å²) in [6.45, 7) is 3.97. The molecule has 3 N–H and O–H groups in total. The van der Waals surface area contributed by atoms with Crippen LogP contribution in [0.15, 0.2) is 5.16 Å². The SMILES string of the molecule is NC(=NO)C1CN(CC2CCCCO2)CCO1. The van der Waals surface area contributed by atoms with Gasteiger partial charge in [-0.05, 0) is 19.3 Å². The number of amidine groups is 1. The average molecular weight is 243 g/mol. The van der Waals surface area contributed by atoms with Crippen LogP contribution in [0, 0.1) is 0 Å². The van der Waals surface area contributed by atoms with Crippen LogP contribution in [-0.4, -0.2) is 61.0 Å². The molecule has 17 heavy (non-hydrogen) atoms. The fourth-order valence-corrected chi connectivity index (χ4v) is 2.35. The predicted molar refractivity (Wildman–Crippen MR) is 63.2 cm³/mol. The third-order valence-corrected chi connectivity index (χ3v) is 3.33. The molecular formula is C11H21N3O3. The summed E-state index contributed by atoms with van der Waals surface area (Å²) < 4.78 is 11.2. The number of nitrogens with zero attached hydrogens (tertiary/aromatic N) is 2. The van der Waals surface area contributed by atoms with Crippen molar-refractivity contribution in [1.29, 1.82) is 0 Å². The lowest BCUT2D eigenvalue weighted by molar-refractivity contribution is -0.0426. The van der Waals surface area contributed by atoms with Crippen LogP contribution < -0.4 is 5.73 Å². The summed E-state index contributed by atoms with van der Waals surface area (Å²) in [4.78, 5) is 2.27. The fraction of sp³-hybridized carbons (Fsp3) is 0.909. The smallest absolute Gasteiger partial charge is 0.169 e. The summed E-state index contributed by atoms with van der Waals surface area (Å²) in [5.41, 5.74) is 5.56. The Kier molecular flexibility index (Phi) is 4.58. The van der Waals surface area contributed by atoms with Crippen LogP contribution in [0.5, 0.6) is 0 Å². The number of rotatable bonds is 3. The Morgan fingerprint density at radius 2 is 2.24 bits per heavy atom. The zero-order valence-corrected chi connectivity index (χ0v) is 10.0. The highest BCUT2D eigenvalue weighted by atomic mass is 16.5. The van der Waals surface area contributed by atoms with E-state index in [-0.39, 0.29) is 11.9 Å². The lowest BCUT2D eigenvalue weighted by Crippen LogP contribution is -2.50. The van der Waals surface area contributed by atoms with Gasteiger partial charge in [0.15, 0.2) is 5.84 Å². The Hall–Kier alpha value is -0.850. The molecule has 98 valence electrons. The molecule has 2 rings (SSSR count). The van der Waals surface area contributed by atoms with E-state index in [1.165, 1.54) is 12.8 Å². The Bertz CT molecular complexity index is 267. The molecule has 6 nitrogen and oxygen atoms in total. The zero-order valence-electron chi connectivity index (χ0n) is 10.0. The van der Waals surface area contributed by atoms with Crippen molar-refractivity contribution in [3.8, 4) is 0 Å². The molecule has 2 saturated heterocycles. The molecular weight excluding hydrogens is 222 g/mol. The van der Waals surface area contributed by atoms with Crippen molar-refractivity contribution >= 4 is 5.84 Å². The van der Waals surface area contributed by atoms with Gasteiger partial charge in [0.2, 0.25) is 0 Å². The molecule has 2 aliphatic rings. The van der Waals surface area contributed by atoms with Crippen LogP contribution in [0.2, 0.25) is 0 Å². The highest BCUT2D eigenvalue weighted by molar-refractivity contribution is 5.84. The van der Waals surface area contributed by atoms with E-state index in [9.17, 15) is 0 Å². The van der Waals surface area contributed by atoms with Gasteiger partial charge in [-0.3, -0.25) is 4.90 Å². The minimum absolute atomic E-state index is 0.152. The van der Waals surface area contributed by atoms with Crippen molar-refractivity contribution < 1.29 is 14.7 Å².